The zero-order valence-corrected chi connectivity index (χ0v) is 16.8. The molecule has 0 radical (unpaired) electrons. The Morgan fingerprint density at radius 2 is 1.71 bits per heavy atom. The van der Waals surface area contributed by atoms with E-state index in [0.29, 0.717) is 11.6 Å². The number of rotatable bonds is 4. The fourth-order valence-corrected chi connectivity index (χ4v) is 4.39. The minimum absolute atomic E-state index is 0.138. The summed E-state index contributed by atoms with van der Waals surface area (Å²) < 4.78 is 0. The normalized spacial score (nSPS) is 20.3. The number of likely N-dealkylation sites (tertiary alicyclic amines) is 1. The highest BCUT2D eigenvalue weighted by Crippen LogP contribution is 2.23. The van der Waals surface area contributed by atoms with Gasteiger partial charge in [-0.15, -0.1) is 0 Å². The van der Waals surface area contributed by atoms with Gasteiger partial charge < -0.3 is 14.7 Å². The average molecular weight is 379 g/mol. The SMILES string of the molecule is CCC1CCCCN1C(=O)c1ccc(N2CCN(c3ccccc3)CC2)nc1. The lowest BCUT2D eigenvalue weighted by atomic mass is 9.99. The number of para-hydroxylation sites is 1. The molecule has 1 unspecified atom stereocenters. The van der Waals surface area contributed by atoms with Crippen LogP contribution >= 0.6 is 0 Å². The van der Waals surface area contributed by atoms with E-state index in [1.54, 1.807) is 6.20 Å². The molecule has 1 amide bonds. The van der Waals surface area contributed by atoms with Gasteiger partial charge >= 0.3 is 0 Å². The maximum atomic E-state index is 12.9. The number of anilines is 2. The molecule has 1 aromatic heterocycles. The van der Waals surface area contributed by atoms with Gasteiger partial charge in [-0.3, -0.25) is 4.79 Å². The molecule has 0 spiro atoms. The Morgan fingerprint density at radius 1 is 0.964 bits per heavy atom. The maximum Gasteiger partial charge on any atom is 0.255 e. The van der Waals surface area contributed by atoms with E-state index in [9.17, 15) is 4.79 Å². The van der Waals surface area contributed by atoms with Crippen molar-refractivity contribution in [2.75, 3.05) is 42.5 Å². The minimum Gasteiger partial charge on any atom is -0.368 e. The second-order valence-corrected chi connectivity index (χ2v) is 7.77. The summed E-state index contributed by atoms with van der Waals surface area (Å²) in [4.78, 5) is 24.3. The topological polar surface area (TPSA) is 39.7 Å². The Bertz CT molecular complexity index is 769. The van der Waals surface area contributed by atoms with Gasteiger partial charge in [0.1, 0.15) is 5.82 Å². The Kier molecular flexibility index (Phi) is 5.79. The van der Waals surface area contributed by atoms with E-state index in [-0.39, 0.29) is 5.91 Å². The van der Waals surface area contributed by atoms with Gasteiger partial charge in [0.15, 0.2) is 0 Å². The summed E-state index contributed by atoms with van der Waals surface area (Å²) in [6.07, 6.45) is 6.26. The molecule has 0 saturated carbocycles. The second-order valence-electron chi connectivity index (χ2n) is 7.77. The van der Waals surface area contributed by atoms with Crippen LogP contribution in [0.2, 0.25) is 0 Å². The van der Waals surface area contributed by atoms with E-state index in [0.717, 1.165) is 57.8 Å². The highest BCUT2D eigenvalue weighted by Gasteiger charge is 2.26. The molecule has 2 aliphatic rings. The Balaban J connectivity index is 1.38. The molecule has 1 atom stereocenters. The van der Waals surface area contributed by atoms with Gasteiger partial charge in [0.05, 0.1) is 5.56 Å². The van der Waals surface area contributed by atoms with Crippen LogP contribution in [0, 0.1) is 0 Å². The minimum atomic E-state index is 0.138. The van der Waals surface area contributed by atoms with Crippen LogP contribution in [-0.2, 0) is 0 Å². The summed E-state index contributed by atoms with van der Waals surface area (Å²) in [6.45, 7) is 6.91. The number of carbonyl (C=O) groups is 1. The number of hydrogen-bond acceptors (Lipinski definition) is 4. The quantitative estimate of drug-likeness (QED) is 0.811. The van der Waals surface area contributed by atoms with Crippen LogP contribution in [0.3, 0.4) is 0 Å². The molecule has 3 heterocycles. The zero-order chi connectivity index (χ0) is 19.3. The van der Waals surface area contributed by atoms with Crippen LogP contribution in [0.15, 0.2) is 48.7 Å². The number of piperazine rings is 1. The van der Waals surface area contributed by atoms with E-state index >= 15 is 0 Å². The van der Waals surface area contributed by atoms with Crippen molar-refractivity contribution >= 4 is 17.4 Å². The lowest BCUT2D eigenvalue weighted by Crippen LogP contribution is -2.47. The Hall–Kier alpha value is -2.56. The average Bonchev–Trinajstić information content (AvgIpc) is 2.79. The van der Waals surface area contributed by atoms with E-state index < -0.39 is 0 Å². The molecule has 1 aromatic carbocycles. The molecular weight excluding hydrogens is 348 g/mol. The highest BCUT2D eigenvalue weighted by molar-refractivity contribution is 5.94. The van der Waals surface area contributed by atoms with Crippen molar-refractivity contribution < 1.29 is 4.79 Å². The summed E-state index contributed by atoms with van der Waals surface area (Å²) >= 11 is 0. The van der Waals surface area contributed by atoms with Crippen molar-refractivity contribution in [3.8, 4) is 0 Å². The molecule has 2 aliphatic heterocycles. The highest BCUT2D eigenvalue weighted by atomic mass is 16.2. The summed E-state index contributed by atoms with van der Waals surface area (Å²) in [7, 11) is 0. The number of carbonyl (C=O) groups excluding carboxylic acids is 1. The van der Waals surface area contributed by atoms with Crippen LogP contribution in [-0.4, -0.2) is 54.6 Å². The van der Waals surface area contributed by atoms with Gasteiger partial charge in [0, 0.05) is 50.6 Å². The number of nitrogens with zero attached hydrogens (tertiary/aromatic N) is 4. The monoisotopic (exact) mass is 378 g/mol. The lowest BCUT2D eigenvalue weighted by molar-refractivity contribution is 0.0607. The van der Waals surface area contributed by atoms with Crippen LogP contribution < -0.4 is 9.80 Å². The molecule has 0 N–H and O–H groups in total. The standard InChI is InChI=1S/C23H30N4O/c1-2-20-8-6-7-13-27(20)23(28)19-11-12-22(24-18-19)26-16-14-25(15-17-26)21-9-4-3-5-10-21/h3-5,9-12,18,20H,2,6-8,13-17H2,1H3. The van der Waals surface area contributed by atoms with Gasteiger partial charge in [-0.2, -0.15) is 0 Å². The first-order valence-corrected chi connectivity index (χ1v) is 10.6. The van der Waals surface area contributed by atoms with E-state index in [4.69, 9.17) is 0 Å². The fraction of sp³-hybridized carbons (Fsp3) is 0.478. The molecule has 2 saturated heterocycles. The van der Waals surface area contributed by atoms with Gasteiger partial charge in [-0.1, -0.05) is 25.1 Å². The number of hydrogen-bond donors (Lipinski definition) is 0. The van der Waals surface area contributed by atoms with Gasteiger partial charge in [0.25, 0.3) is 5.91 Å². The first-order valence-electron chi connectivity index (χ1n) is 10.6. The van der Waals surface area contributed by atoms with Gasteiger partial charge in [-0.25, -0.2) is 4.98 Å². The molecule has 5 heteroatoms. The summed E-state index contributed by atoms with van der Waals surface area (Å²) in [5.74, 6) is 1.11. The first-order chi connectivity index (χ1) is 13.8. The lowest BCUT2D eigenvalue weighted by Gasteiger charge is -2.37. The molecular formula is C23H30N4O. The first kappa shape index (κ1) is 18.8. The summed E-state index contributed by atoms with van der Waals surface area (Å²) in [6, 6.07) is 14.9. The molecule has 148 valence electrons. The van der Waals surface area contributed by atoms with Crippen LogP contribution in [0.25, 0.3) is 0 Å². The van der Waals surface area contributed by atoms with Crippen molar-refractivity contribution in [3.05, 3.63) is 54.2 Å². The van der Waals surface area contributed by atoms with Crippen LogP contribution in [0.5, 0.6) is 0 Å². The molecule has 5 nitrogen and oxygen atoms in total. The van der Waals surface area contributed by atoms with E-state index in [1.165, 1.54) is 12.1 Å². The van der Waals surface area contributed by atoms with Crippen molar-refractivity contribution in [2.24, 2.45) is 0 Å². The third kappa shape index (κ3) is 3.98. The van der Waals surface area contributed by atoms with Crippen LogP contribution in [0.1, 0.15) is 43.0 Å². The van der Waals surface area contributed by atoms with E-state index in [1.807, 2.05) is 12.1 Å². The number of piperidine rings is 1. The van der Waals surface area contributed by atoms with Crippen molar-refractivity contribution in [2.45, 2.75) is 38.6 Å². The number of aromatic nitrogens is 1. The molecule has 0 aliphatic carbocycles. The Labute approximate surface area is 168 Å². The number of amides is 1. The predicted molar refractivity (Wildman–Crippen MR) is 114 cm³/mol. The predicted octanol–water partition coefficient (Wildman–Crippen LogP) is 3.81. The third-order valence-corrected chi connectivity index (χ3v) is 6.08. The number of pyridine rings is 1. The summed E-state index contributed by atoms with van der Waals surface area (Å²) in [5, 5.41) is 0. The smallest absolute Gasteiger partial charge is 0.255 e. The van der Waals surface area contributed by atoms with Crippen molar-refractivity contribution in [3.63, 3.8) is 0 Å². The zero-order valence-electron chi connectivity index (χ0n) is 16.8. The van der Waals surface area contributed by atoms with Gasteiger partial charge in [0.2, 0.25) is 0 Å². The number of benzene rings is 1. The summed E-state index contributed by atoms with van der Waals surface area (Å²) in [5.41, 5.74) is 2.00. The van der Waals surface area contributed by atoms with Crippen LogP contribution in [0.4, 0.5) is 11.5 Å². The van der Waals surface area contributed by atoms with Crippen molar-refractivity contribution in [1.29, 1.82) is 0 Å². The molecule has 2 fully saturated rings. The maximum absolute atomic E-state index is 12.9. The molecule has 4 rings (SSSR count). The third-order valence-electron chi connectivity index (χ3n) is 6.08. The van der Waals surface area contributed by atoms with Gasteiger partial charge in [-0.05, 0) is 49.9 Å². The molecule has 0 bridgehead atoms. The molecule has 28 heavy (non-hydrogen) atoms. The fourth-order valence-electron chi connectivity index (χ4n) is 4.39. The van der Waals surface area contributed by atoms with E-state index in [2.05, 4.69) is 56.9 Å². The molecule has 2 aromatic rings. The second kappa shape index (κ2) is 8.63. The Morgan fingerprint density at radius 3 is 2.39 bits per heavy atom. The largest absolute Gasteiger partial charge is 0.368 e. The van der Waals surface area contributed by atoms with Crippen molar-refractivity contribution in [1.82, 2.24) is 9.88 Å².